The van der Waals surface area contributed by atoms with Crippen molar-refractivity contribution in [1.82, 2.24) is 5.32 Å². The van der Waals surface area contributed by atoms with E-state index in [1.54, 1.807) is 11.3 Å². The van der Waals surface area contributed by atoms with Crippen molar-refractivity contribution in [3.63, 3.8) is 0 Å². The van der Waals surface area contributed by atoms with Gasteiger partial charge in [0.05, 0.1) is 29.8 Å². The number of hydrogen-bond acceptors (Lipinski definition) is 5. The van der Waals surface area contributed by atoms with Gasteiger partial charge in [0.2, 0.25) is 0 Å². The molecule has 7 heteroatoms. The van der Waals surface area contributed by atoms with E-state index in [4.69, 9.17) is 26.3 Å². The number of carbonyl (C=O) groups excluding carboxylic acids is 1. The molecule has 1 amide bonds. The smallest absolute Gasteiger partial charge is 0.258 e. The molecule has 1 aromatic heterocycles. The molecule has 2 rings (SSSR count). The van der Waals surface area contributed by atoms with Crippen molar-refractivity contribution in [2.45, 2.75) is 19.9 Å². The van der Waals surface area contributed by atoms with Gasteiger partial charge >= 0.3 is 0 Å². The zero-order valence-corrected chi connectivity index (χ0v) is 15.8. The minimum atomic E-state index is -0.255. The number of carbonyl (C=O) groups is 1. The van der Waals surface area contributed by atoms with Crippen molar-refractivity contribution in [1.29, 1.82) is 5.26 Å². The van der Waals surface area contributed by atoms with Gasteiger partial charge < -0.3 is 14.8 Å². The zero-order valence-electron chi connectivity index (χ0n) is 14.2. The Kier molecular flexibility index (Phi) is 6.68. The molecule has 0 spiro atoms. The molecule has 132 valence electrons. The lowest BCUT2D eigenvalue weighted by atomic mass is 10.0. The minimum absolute atomic E-state index is 0.0746. The van der Waals surface area contributed by atoms with Crippen molar-refractivity contribution in [2.75, 3.05) is 13.7 Å². The molecule has 0 aliphatic carbocycles. The van der Waals surface area contributed by atoms with Crippen molar-refractivity contribution < 1.29 is 14.3 Å². The largest absolute Gasteiger partial charge is 0.493 e. The number of nitrogens with one attached hydrogen (secondary N) is 1. The number of methoxy groups -OCH3 is 1. The summed E-state index contributed by atoms with van der Waals surface area (Å²) < 4.78 is 10.7. The summed E-state index contributed by atoms with van der Waals surface area (Å²) in [7, 11) is 1.45. The van der Waals surface area contributed by atoms with Crippen LogP contribution in [0.2, 0.25) is 5.02 Å². The predicted octanol–water partition coefficient (Wildman–Crippen LogP) is 4.17. The maximum absolute atomic E-state index is 12.3. The highest BCUT2D eigenvalue weighted by molar-refractivity contribution is 7.10. The molecule has 0 bridgehead atoms. The number of nitriles is 1. The third kappa shape index (κ3) is 4.88. The van der Waals surface area contributed by atoms with Crippen molar-refractivity contribution in [3.8, 4) is 17.6 Å². The van der Waals surface area contributed by atoms with E-state index in [-0.39, 0.29) is 35.2 Å². The van der Waals surface area contributed by atoms with Crippen molar-refractivity contribution in [3.05, 3.63) is 45.1 Å². The fourth-order valence-electron chi connectivity index (χ4n) is 2.31. The van der Waals surface area contributed by atoms with Gasteiger partial charge in [-0.25, -0.2) is 0 Å². The van der Waals surface area contributed by atoms with Crippen LogP contribution < -0.4 is 14.8 Å². The molecule has 0 aliphatic rings. The van der Waals surface area contributed by atoms with Crippen LogP contribution in [0.5, 0.6) is 11.5 Å². The summed E-state index contributed by atoms with van der Waals surface area (Å²) in [6.07, 6.45) is 0. The van der Waals surface area contributed by atoms with Crippen LogP contribution in [0.25, 0.3) is 0 Å². The summed E-state index contributed by atoms with van der Waals surface area (Å²) in [6.45, 7) is 3.90. The molecule has 0 aliphatic heterocycles. The van der Waals surface area contributed by atoms with Gasteiger partial charge in [-0.3, -0.25) is 4.79 Å². The van der Waals surface area contributed by atoms with E-state index in [0.717, 1.165) is 4.88 Å². The first-order valence-corrected chi connectivity index (χ1v) is 8.95. The number of thiophene rings is 1. The molecule has 0 radical (unpaired) electrons. The number of benzene rings is 1. The van der Waals surface area contributed by atoms with Crippen LogP contribution in [0.4, 0.5) is 0 Å². The highest BCUT2D eigenvalue weighted by atomic mass is 35.5. The lowest BCUT2D eigenvalue weighted by Crippen LogP contribution is -2.34. The number of halogens is 1. The second-order valence-electron chi connectivity index (χ2n) is 5.69. The van der Waals surface area contributed by atoms with E-state index in [2.05, 4.69) is 5.32 Å². The monoisotopic (exact) mass is 378 g/mol. The van der Waals surface area contributed by atoms with E-state index in [9.17, 15) is 4.79 Å². The molecular formula is C18H19ClN2O3S. The standard InChI is InChI=1S/C18H19ClN2O3S/c1-11(2)17(15-5-4-6-25-15)21-16(22)10-24-18-13(19)7-12(9-20)8-14(18)23-3/h4-8,11,17H,10H2,1-3H3,(H,21,22)/t17-/m1/s1. The molecule has 1 N–H and O–H groups in total. The summed E-state index contributed by atoms with van der Waals surface area (Å²) >= 11 is 7.73. The SMILES string of the molecule is COc1cc(C#N)cc(Cl)c1OCC(=O)N[C@@H](c1cccs1)C(C)C. The Balaban J connectivity index is 2.06. The van der Waals surface area contributed by atoms with Crippen molar-refractivity contribution >= 4 is 28.8 Å². The Morgan fingerprint density at radius 3 is 2.76 bits per heavy atom. The Morgan fingerprint density at radius 2 is 2.20 bits per heavy atom. The molecule has 0 saturated carbocycles. The molecule has 1 aromatic carbocycles. The van der Waals surface area contributed by atoms with E-state index >= 15 is 0 Å². The fraction of sp³-hybridized carbons (Fsp3) is 0.333. The van der Waals surface area contributed by atoms with Gasteiger partial charge in [0.1, 0.15) is 0 Å². The average molecular weight is 379 g/mol. The van der Waals surface area contributed by atoms with Crippen LogP contribution in [-0.2, 0) is 4.79 Å². The van der Waals surface area contributed by atoms with Crippen LogP contribution in [0.15, 0.2) is 29.6 Å². The van der Waals surface area contributed by atoms with Crippen LogP contribution in [0.3, 0.4) is 0 Å². The Hall–Kier alpha value is -2.23. The first kappa shape index (κ1) is 19.1. The van der Waals surface area contributed by atoms with Gasteiger partial charge in [0, 0.05) is 10.9 Å². The Morgan fingerprint density at radius 1 is 1.44 bits per heavy atom. The second-order valence-corrected chi connectivity index (χ2v) is 7.08. The molecule has 0 fully saturated rings. The number of nitrogens with zero attached hydrogens (tertiary/aromatic N) is 1. The first-order chi connectivity index (χ1) is 12.0. The van der Waals surface area contributed by atoms with Gasteiger partial charge in [-0.2, -0.15) is 5.26 Å². The quantitative estimate of drug-likeness (QED) is 0.784. The molecule has 2 aromatic rings. The summed E-state index contributed by atoms with van der Waals surface area (Å²) in [5.74, 6) is 0.552. The lowest BCUT2D eigenvalue weighted by molar-refractivity contribution is -0.124. The molecular weight excluding hydrogens is 360 g/mol. The maximum Gasteiger partial charge on any atom is 0.258 e. The molecule has 0 saturated heterocycles. The third-order valence-electron chi connectivity index (χ3n) is 3.54. The number of ether oxygens (including phenoxy) is 2. The number of amides is 1. The first-order valence-electron chi connectivity index (χ1n) is 7.69. The maximum atomic E-state index is 12.3. The number of hydrogen-bond donors (Lipinski definition) is 1. The summed E-state index contributed by atoms with van der Waals surface area (Å²) in [4.78, 5) is 13.4. The molecule has 0 unspecified atom stereocenters. The van der Waals surface area contributed by atoms with Gasteiger partial charge in [0.25, 0.3) is 5.91 Å². The lowest BCUT2D eigenvalue weighted by Gasteiger charge is -2.21. The highest BCUT2D eigenvalue weighted by Crippen LogP contribution is 2.36. The van der Waals surface area contributed by atoms with Gasteiger partial charge in [-0.05, 0) is 23.4 Å². The molecule has 5 nitrogen and oxygen atoms in total. The normalized spacial score (nSPS) is 11.7. The van der Waals surface area contributed by atoms with E-state index < -0.39 is 0 Å². The van der Waals surface area contributed by atoms with Crippen molar-refractivity contribution in [2.24, 2.45) is 5.92 Å². The molecule has 1 atom stereocenters. The summed E-state index contributed by atoms with van der Waals surface area (Å²) in [5.41, 5.74) is 0.358. The van der Waals surface area contributed by atoms with Gasteiger partial charge in [0.15, 0.2) is 18.1 Å². The van der Waals surface area contributed by atoms with Crippen LogP contribution >= 0.6 is 22.9 Å². The summed E-state index contributed by atoms with van der Waals surface area (Å²) in [5, 5.41) is 14.1. The predicted molar refractivity (Wildman–Crippen MR) is 98.3 cm³/mol. The third-order valence-corrected chi connectivity index (χ3v) is 4.78. The topological polar surface area (TPSA) is 71.3 Å². The van der Waals surface area contributed by atoms with Gasteiger partial charge in [-0.15, -0.1) is 11.3 Å². The number of rotatable bonds is 7. The van der Waals surface area contributed by atoms with Crippen LogP contribution in [0.1, 0.15) is 30.3 Å². The second kappa shape index (κ2) is 8.75. The van der Waals surface area contributed by atoms with E-state index in [1.807, 2.05) is 37.4 Å². The van der Waals surface area contributed by atoms with Gasteiger partial charge in [-0.1, -0.05) is 31.5 Å². The van der Waals surface area contributed by atoms with E-state index in [0.29, 0.717) is 11.3 Å². The summed E-state index contributed by atoms with van der Waals surface area (Å²) in [6, 6.07) is 8.86. The highest BCUT2D eigenvalue weighted by Gasteiger charge is 2.20. The Labute approximate surface area is 156 Å². The van der Waals surface area contributed by atoms with Crippen LogP contribution in [-0.4, -0.2) is 19.6 Å². The fourth-order valence-corrected chi connectivity index (χ4v) is 3.53. The average Bonchev–Trinajstić information content (AvgIpc) is 3.11. The Bertz CT molecular complexity index is 769. The zero-order chi connectivity index (χ0) is 18.4. The van der Waals surface area contributed by atoms with E-state index in [1.165, 1.54) is 19.2 Å². The molecule has 1 heterocycles. The molecule has 25 heavy (non-hydrogen) atoms. The van der Waals surface area contributed by atoms with Crippen LogP contribution in [0, 0.1) is 17.2 Å². The minimum Gasteiger partial charge on any atom is -0.493 e.